The van der Waals surface area contributed by atoms with Crippen LogP contribution in [0.15, 0.2) is 45.4 Å². The van der Waals surface area contributed by atoms with Gasteiger partial charge in [0.1, 0.15) is 0 Å². The highest BCUT2D eigenvalue weighted by atomic mass is 79.9. The van der Waals surface area contributed by atoms with Crippen molar-refractivity contribution in [3.8, 4) is 11.5 Å². The van der Waals surface area contributed by atoms with Gasteiger partial charge in [-0.1, -0.05) is 0 Å². The van der Waals surface area contributed by atoms with E-state index in [-0.39, 0.29) is 0 Å². The van der Waals surface area contributed by atoms with Crippen LogP contribution in [0.25, 0.3) is 22.7 Å². The minimum atomic E-state index is 0.541. The van der Waals surface area contributed by atoms with E-state index >= 15 is 0 Å². The third-order valence-corrected chi connectivity index (χ3v) is 3.10. The number of halogens is 1. The number of rotatable bonds is 1. The molecule has 0 spiro atoms. The molecule has 1 aromatic carbocycles. The highest BCUT2D eigenvalue weighted by Gasteiger charge is 2.09. The molecule has 3 rings (SSSR count). The summed E-state index contributed by atoms with van der Waals surface area (Å²) < 4.78 is 6.44. The van der Waals surface area contributed by atoms with E-state index in [4.69, 9.17) is 10.2 Å². The minimum Gasteiger partial charge on any atom is -0.434 e. The van der Waals surface area contributed by atoms with Gasteiger partial charge in [-0.15, -0.1) is 0 Å². The normalized spacial score (nSPS) is 10.9. The molecule has 2 aromatic heterocycles. The minimum absolute atomic E-state index is 0.541. The number of benzene rings is 1. The molecule has 17 heavy (non-hydrogen) atoms. The fourth-order valence-corrected chi connectivity index (χ4v) is 1.93. The summed E-state index contributed by atoms with van der Waals surface area (Å²) in [5.41, 5.74) is 8.56. The first-order chi connectivity index (χ1) is 8.24. The number of aromatic nitrogens is 2. The summed E-state index contributed by atoms with van der Waals surface area (Å²) in [7, 11) is 0. The van der Waals surface area contributed by atoms with Crippen LogP contribution in [0.1, 0.15) is 0 Å². The fraction of sp³-hybridized carbons (Fsp3) is 0. The standard InChI is InChI=1S/C12H8BrN3O/c13-8-6-7(3-4-9(8)14)12-16-11-10(17-12)2-1-5-15-11/h1-6H,14H2. The Kier molecular flexibility index (Phi) is 2.33. The predicted molar refractivity (Wildman–Crippen MR) is 69.4 cm³/mol. The molecule has 2 N–H and O–H groups in total. The quantitative estimate of drug-likeness (QED) is 0.699. The first kappa shape index (κ1) is 10.3. The second-order valence-corrected chi connectivity index (χ2v) is 4.43. The molecule has 0 unspecified atom stereocenters. The lowest BCUT2D eigenvalue weighted by molar-refractivity contribution is 0.619. The summed E-state index contributed by atoms with van der Waals surface area (Å²) in [5, 5.41) is 0. The van der Waals surface area contributed by atoms with Crippen LogP contribution in [0, 0.1) is 0 Å². The molecule has 0 bridgehead atoms. The maximum absolute atomic E-state index is 5.73. The van der Waals surface area contributed by atoms with Crippen molar-refractivity contribution in [3.05, 3.63) is 41.0 Å². The predicted octanol–water partition coefficient (Wildman–Crippen LogP) is 3.23. The van der Waals surface area contributed by atoms with Crippen LogP contribution in [0.5, 0.6) is 0 Å². The van der Waals surface area contributed by atoms with Gasteiger partial charge in [-0.05, 0) is 46.3 Å². The topological polar surface area (TPSA) is 64.9 Å². The zero-order valence-corrected chi connectivity index (χ0v) is 10.3. The smallest absolute Gasteiger partial charge is 0.228 e. The molecule has 0 aliphatic carbocycles. The molecule has 4 nitrogen and oxygen atoms in total. The Balaban J connectivity index is 2.17. The zero-order valence-electron chi connectivity index (χ0n) is 8.72. The molecular weight excluding hydrogens is 282 g/mol. The van der Waals surface area contributed by atoms with E-state index in [1.807, 2.05) is 30.3 Å². The Morgan fingerprint density at radius 1 is 1.24 bits per heavy atom. The summed E-state index contributed by atoms with van der Waals surface area (Å²) in [6.07, 6.45) is 1.69. The molecule has 0 aliphatic rings. The van der Waals surface area contributed by atoms with E-state index < -0.39 is 0 Å². The lowest BCUT2D eigenvalue weighted by Gasteiger charge is -1.99. The second-order valence-electron chi connectivity index (χ2n) is 3.58. The van der Waals surface area contributed by atoms with Crippen molar-refractivity contribution in [3.63, 3.8) is 0 Å². The first-order valence-electron chi connectivity index (χ1n) is 5.01. The van der Waals surface area contributed by atoms with Crippen LogP contribution in [-0.4, -0.2) is 9.97 Å². The average Bonchev–Trinajstić information content (AvgIpc) is 2.76. The molecule has 0 atom stereocenters. The van der Waals surface area contributed by atoms with Gasteiger partial charge in [0.2, 0.25) is 5.89 Å². The third-order valence-electron chi connectivity index (χ3n) is 2.41. The summed E-state index contributed by atoms with van der Waals surface area (Å²) >= 11 is 3.38. The number of oxazole rings is 1. The van der Waals surface area contributed by atoms with E-state index in [2.05, 4.69) is 25.9 Å². The average molecular weight is 290 g/mol. The van der Waals surface area contributed by atoms with Crippen molar-refractivity contribution in [2.45, 2.75) is 0 Å². The van der Waals surface area contributed by atoms with Crippen molar-refractivity contribution in [2.24, 2.45) is 0 Å². The molecule has 0 fully saturated rings. The Morgan fingerprint density at radius 3 is 2.88 bits per heavy atom. The molecule has 5 heteroatoms. The molecule has 3 aromatic rings. The van der Waals surface area contributed by atoms with Crippen molar-refractivity contribution < 1.29 is 4.42 Å². The molecule has 0 radical (unpaired) electrons. The lowest BCUT2D eigenvalue weighted by Crippen LogP contribution is -1.86. The molecule has 0 amide bonds. The molecule has 0 saturated heterocycles. The van der Waals surface area contributed by atoms with Crippen molar-refractivity contribution in [2.75, 3.05) is 5.73 Å². The van der Waals surface area contributed by atoms with Crippen LogP contribution >= 0.6 is 15.9 Å². The third kappa shape index (κ3) is 1.78. The Hall–Kier alpha value is -1.88. The summed E-state index contributed by atoms with van der Waals surface area (Å²) in [5.74, 6) is 0.541. The highest BCUT2D eigenvalue weighted by molar-refractivity contribution is 9.10. The number of fused-ring (bicyclic) bond motifs is 1. The van der Waals surface area contributed by atoms with Crippen molar-refractivity contribution >= 4 is 32.8 Å². The van der Waals surface area contributed by atoms with E-state index in [1.165, 1.54) is 0 Å². The van der Waals surface area contributed by atoms with Crippen LogP contribution in [0.2, 0.25) is 0 Å². The first-order valence-corrected chi connectivity index (χ1v) is 5.80. The fourth-order valence-electron chi connectivity index (χ4n) is 1.55. The number of nitrogen functional groups attached to an aromatic ring is 1. The van der Waals surface area contributed by atoms with Crippen LogP contribution in [-0.2, 0) is 0 Å². The largest absolute Gasteiger partial charge is 0.434 e. The number of nitrogens with two attached hydrogens (primary N) is 1. The zero-order chi connectivity index (χ0) is 11.8. The van der Waals surface area contributed by atoms with Gasteiger partial charge in [0.15, 0.2) is 11.2 Å². The van der Waals surface area contributed by atoms with Crippen molar-refractivity contribution in [1.29, 1.82) is 0 Å². The van der Waals surface area contributed by atoms with Crippen LogP contribution < -0.4 is 5.73 Å². The molecule has 2 heterocycles. The summed E-state index contributed by atoms with van der Waals surface area (Å²) in [6, 6.07) is 9.20. The van der Waals surface area contributed by atoms with Crippen LogP contribution in [0.4, 0.5) is 5.69 Å². The van der Waals surface area contributed by atoms with Gasteiger partial charge in [-0.25, -0.2) is 4.98 Å². The maximum Gasteiger partial charge on any atom is 0.228 e. The van der Waals surface area contributed by atoms with E-state index in [0.717, 1.165) is 10.0 Å². The number of nitrogens with zero attached hydrogens (tertiary/aromatic N) is 2. The van der Waals surface area contributed by atoms with Crippen LogP contribution in [0.3, 0.4) is 0 Å². The van der Waals surface area contributed by atoms with Gasteiger partial charge in [-0.2, -0.15) is 4.98 Å². The Bertz CT molecular complexity index is 660. The second kappa shape index (κ2) is 3.85. The van der Waals surface area contributed by atoms with E-state index in [0.29, 0.717) is 22.8 Å². The molecular formula is C12H8BrN3O. The van der Waals surface area contributed by atoms with E-state index in [9.17, 15) is 0 Å². The summed E-state index contributed by atoms with van der Waals surface area (Å²) in [4.78, 5) is 8.44. The SMILES string of the molecule is Nc1ccc(-c2nc3ncccc3o2)cc1Br. The highest BCUT2D eigenvalue weighted by Crippen LogP contribution is 2.28. The van der Waals surface area contributed by atoms with E-state index in [1.54, 1.807) is 6.20 Å². The summed E-state index contributed by atoms with van der Waals surface area (Å²) in [6.45, 7) is 0. The number of hydrogen-bond acceptors (Lipinski definition) is 4. The number of pyridine rings is 1. The van der Waals surface area contributed by atoms with Crippen molar-refractivity contribution in [1.82, 2.24) is 9.97 Å². The van der Waals surface area contributed by atoms with Gasteiger partial charge >= 0.3 is 0 Å². The maximum atomic E-state index is 5.73. The molecule has 0 saturated carbocycles. The van der Waals surface area contributed by atoms with Gasteiger partial charge < -0.3 is 10.2 Å². The Labute approximate surface area is 106 Å². The number of hydrogen-bond donors (Lipinski definition) is 1. The monoisotopic (exact) mass is 289 g/mol. The van der Waals surface area contributed by atoms with Gasteiger partial charge in [0.25, 0.3) is 0 Å². The van der Waals surface area contributed by atoms with Gasteiger partial charge in [0, 0.05) is 21.9 Å². The Morgan fingerprint density at radius 2 is 2.12 bits per heavy atom. The molecule has 84 valence electrons. The molecule has 0 aliphatic heterocycles. The van der Waals surface area contributed by atoms with Gasteiger partial charge in [0.05, 0.1) is 0 Å². The lowest BCUT2D eigenvalue weighted by atomic mass is 10.2. The van der Waals surface area contributed by atoms with Gasteiger partial charge in [-0.3, -0.25) is 0 Å². The number of anilines is 1.